The Hall–Kier alpha value is -0.820. The highest BCUT2D eigenvalue weighted by molar-refractivity contribution is 5.22. The largest absolute Gasteiger partial charge is 0.381 e. The van der Waals surface area contributed by atoms with Gasteiger partial charge in [0.2, 0.25) is 0 Å². The fourth-order valence-corrected chi connectivity index (χ4v) is 3.03. The lowest BCUT2D eigenvalue weighted by Gasteiger charge is -2.21. The van der Waals surface area contributed by atoms with E-state index in [0.29, 0.717) is 0 Å². The van der Waals surface area contributed by atoms with Crippen molar-refractivity contribution in [3.8, 4) is 0 Å². The third-order valence-corrected chi connectivity index (χ3v) is 4.44. The maximum absolute atomic E-state index is 5.55. The molecule has 0 aliphatic carbocycles. The number of unbranched alkanes of at least 4 members (excludes halogenated alkanes) is 3. The molecule has 2 rings (SSSR count). The van der Waals surface area contributed by atoms with E-state index in [0.717, 1.165) is 19.1 Å². The first-order chi connectivity index (χ1) is 9.88. The molecule has 1 atom stereocenters. The minimum Gasteiger partial charge on any atom is -0.381 e. The average molecular weight is 274 g/mol. The lowest BCUT2D eigenvalue weighted by molar-refractivity contribution is 0.0518. The van der Waals surface area contributed by atoms with Gasteiger partial charge in [-0.2, -0.15) is 0 Å². The minimum atomic E-state index is 0.789. The Balaban J connectivity index is 1.68. The van der Waals surface area contributed by atoms with Gasteiger partial charge in [-0.3, -0.25) is 0 Å². The van der Waals surface area contributed by atoms with Crippen LogP contribution in [0.2, 0.25) is 0 Å². The van der Waals surface area contributed by atoms with Crippen molar-refractivity contribution in [1.29, 1.82) is 0 Å². The van der Waals surface area contributed by atoms with E-state index >= 15 is 0 Å². The fourth-order valence-electron chi connectivity index (χ4n) is 3.03. The van der Waals surface area contributed by atoms with Crippen LogP contribution in [-0.2, 0) is 17.6 Å². The first-order valence-electron chi connectivity index (χ1n) is 8.54. The van der Waals surface area contributed by atoms with Gasteiger partial charge in [-0.1, -0.05) is 50.5 Å². The second-order valence-corrected chi connectivity index (χ2v) is 6.25. The van der Waals surface area contributed by atoms with Crippen LogP contribution in [-0.4, -0.2) is 13.2 Å². The summed E-state index contributed by atoms with van der Waals surface area (Å²) in [7, 11) is 0. The first-order valence-corrected chi connectivity index (χ1v) is 8.54. The van der Waals surface area contributed by atoms with Crippen molar-refractivity contribution in [1.82, 2.24) is 0 Å². The maximum Gasteiger partial charge on any atom is 0.0494 e. The van der Waals surface area contributed by atoms with Crippen LogP contribution in [0.1, 0.15) is 63.0 Å². The molecule has 112 valence electrons. The van der Waals surface area contributed by atoms with E-state index in [1.807, 2.05) is 0 Å². The molecule has 1 unspecified atom stereocenters. The zero-order chi connectivity index (χ0) is 14.0. The molecule has 0 aromatic heterocycles. The second kappa shape index (κ2) is 9.18. The Bertz CT molecular complexity index is 349. The standard InChI is InChI=1S/C19H30O/c1-2-3-4-5-7-17-9-11-18(12-10-17)13-14-19-8-6-15-20-16-19/h9-12,19H,2-8,13-16H2,1H3. The quantitative estimate of drug-likeness (QED) is 0.594. The average Bonchev–Trinajstić information content (AvgIpc) is 2.52. The molecule has 20 heavy (non-hydrogen) atoms. The fraction of sp³-hybridized carbons (Fsp3) is 0.684. The molecule has 1 nitrogen and oxygen atoms in total. The van der Waals surface area contributed by atoms with Gasteiger partial charge >= 0.3 is 0 Å². The first kappa shape index (κ1) is 15.6. The van der Waals surface area contributed by atoms with Crippen LogP contribution in [0.5, 0.6) is 0 Å². The SMILES string of the molecule is CCCCCCc1ccc(CCC2CCCOC2)cc1. The molecule has 1 heterocycles. The van der Waals surface area contributed by atoms with Crippen LogP contribution >= 0.6 is 0 Å². The van der Waals surface area contributed by atoms with Gasteiger partial charge < -0.3 is 4.74 Å². The van der Waals surface area contributed by atoms with Gasteiger partial charge in [0.15, 0.2) is 0 Å². The number of hydrogen-bond acceptors (Lipinski definition) is 1. The Morgan fingerprint density at radius 2 is 1.75 bits per heavy atom. The Labute approximate surface area is 124 Å². The van der Waals surface area contributed by atoms with Crippen LogP contribution in [0, 0.1) is 5.92 Å². The number of rotatable bonds is 8. The summed E-state index contributed by atoms with van der Waals surface area (Å²) in [5.41, 5.74) is 3.00. The van der Waals surface area contributed by atoms with Gasteiger partial charge in [0.25, 0.3) is 0 Å². The van der Waals surface area contributed by atoms with Crippen molar-refractivity contribution >= 4 is 0 Å². The molecule has 1 aromatic rings. The van der Waals surface area contributed by atoms with Gasteiger partial charge in [-0.15, -0.1) is 0 Å². The molecule has 1 aromatic carbocycles. The van der Waals surface area contributed by atoms with Crippen molar-refractivity contribution in [3.63, 3.8) is 0 Å². The summed E-state index contributed by atoms with van der Waals surface area (Å²) >= 11 is 0. The minimum absolute atomic E-state index is 0.789. The van der Waals surface area contributed by atoms with Crippen molar-refractivity contribution in [2.45, 2.75) is 64.7 Å². The van der Waals surface area contributed by atoms with Gasteiger partial charge in [0.05, 0.1) is 0 Å². The molecule has 1 saturated heterocycles. The zero-order valence-electron chi connectivity index (χ0n) is 13.1. The summed E-state index contributed by atoms with van der Waals surface area (Å²) in [5.74, 6) is 0.789. The van der Waals surface area contributed by atoms with Gasteiger partial charge in [0.1, 0.15) is 0 Å². The number of hydrogen-bond donors (Lipinski definition) is 0. The molecule has 1 heteroatoms. The van der Waals surface area contributed by atoms with E-state index in [9.17, 15) is 0 Å². The lowest BCUT2D eigenvalue weighted by Crippen LogP contribution is -2.17. The van der Waals surface area contributed by atoms with Crippen LogP contribution in [0.3, 0.4) is 0 Å². The van der Waals surface area contributed by atoms with Gasteiger partial charge in [-0.25, -0.2) is 0 Å². The highest BCUT2D eigenvalue weighted by atomic mass is 16.5. The lowest BCUT2D eigenvalue weighted by atomic mass is 9.94. The Morgan fingerprint density at radius 3 is 2.40 bits per heavy atom. The molecule has 1 aliphatic heterocycles. The molecule has 0 amide bonds. The van der Waals surface area contributed by atoms with Crippen molar-refractivity contribution in [2.24, 2.45) is 5.92 Å². The molecular weight excluding hydrogens is 244 g/mol. The third-order valence-electron chi connectivity index (χ3n) is 4.44. The summed E-state index contributed by atoms with van der Waals surface area (Å²) in [5, 5.41) is 0. The molecule has 1 fully saturated rings. The van der Waals surface area contributed by atoms with Gasteiger partial charge in [-0.05, 0) is 55.6 Å². The molecule has 0 saturated carbocycles. The number of benzene rings is 1. The predicted octanol–water partition coefficient (Wildman–Crippen LogP) is 5.17. The molecule has 1 aliphatic rings. The van der Waals surface area contributed by atoms with Crippen molar-refractivity contribution < 1.29 is 4.74 Å². The van der Waals surface area contributed by atoms with Crippen LogP contribution in [0.4, 0.5) is 0 Å². The smallest absolute Gasteiger partial charge is 0.0494 e. The number of aryl methyl sites for hydroxylation is 2. The molecule has 0 bridgehead atoms. The summed E-state index contributed by atoms with van der Waals surface area (Å²) in [4.78, 5) is 0. The van der Waals surface area contributed by atoms with Crippen LogP contribution in [0.15, 0.2) is 24.3 Å². The topological polar surface area (TPSA) is 9.23 Å². The highest BCUT2D eigenvalue weighted by Gasteiger charge is 2.13. The van der Waals surface area contributed by atoms with Crippen molar-refractivity contribution in [2.75, 3.05) is 13.2 Å². The Kier molecular flexibility index (Phi) is 7.14. The van der Waals surface area contributed by atoms with Gasteiger partial charge in [0, 0.05) is 13.2 Å². The van der Waals surface area contributed by atoms with E-state index < -0.39 is 0 Å². The highest BCUT2D eigenvalue weighted by Crippen LogP contribution is 2.20. The normalized spacial score (nSPS) is 19.1. The number of ether oxygens (including phenoxy) is 1. The molecule has 0 N–H and O–H groups in total. The molecule has 0 radical (unpaired) electrons. The molecule has 0 spiro atoms. The maximum atomic E-state index is 5.55. The monoisotopic (exact) mass is 274 g/mol. The zero-order valence-corrected chi connectivity index (χ0v) is 13.1. The van der Waals surface area contributed by atoms with Crippen LogP contribution in [0.25, 0.3) is 0 Å². The summed E-state index contributed by atoms with van der Waals surface area (Å²) < 4.78 is 5.55. The van der Waals surface area contributed by atoms with E-state index in [1.165, 1.54) is 68.9 Å². The van der Waals surface area contributed by atoms with Crippen LogP contribution < -0.4 is 0 Å². The summed E-state index contributed by atoms with van der Waals surface area (Å²) in [6.45, 7) is 4.23. The molecular formula is C19H30O. The Morgan fingerprint density at radius 1 is 1.00 bits per heavy atom. The van der Waals surface area contributed by atoms with E-state index in [-0.39, 0.29) is 0 Å². The second-order valence-electron chi connectivity index (χ2n) is 6.25. The van der Waals surface area contributed by atoms with E-state index in [2.05, 4.69) is 31.2 Å². The van der Waals surface area contributed by atoms with E-state index in [4.69, 9.17) is 4.74 Å². The van der Waals surface area contributed by atoms with Crippen molar-refractivity contribution in [3.05, 3.63) is 35.4 Å². The predicted molar refractivity (Wildman–Crippen MR) is 86.2 cm³/mol. The summed E-state index contributed by atoms with van der Waals surface area (Å²) in [6, 6.07) is 9.33. The summed E-state index contributed by atoms with van der Waals surface area (Å²) in [6.07, 6.45) is 11.8. The third kappa shape index (κ3) is 5.66. The van der Waals surface area contributed by atoms with E-state index in [1.54, 1.807) is 0 Å².